The second-order valence-electron chi connectivity index (χ2n) is 3.85. The van der Waals surface area contributed by atoms with Crippen LogP contribution in [0.3, 0.4) is 0 Å². The van der Waals surface area contributed by atoms with E-state index >= 15 is 0 Å². The van der Waals surface area contributed by atoms with Crippen molar-refractivity contribution in [1.82, 2.24) is 9.80 Å². The van der Waals surface area contributed by atoms with E-state index in [1.807, 2.05) is 7.05 Å². The first kappa shape index (κ1) is 10.9. The second kappa shape index (κ2) is 4.86. The predicted molar refractivity (Wildman–Crippen MR) is 57.1 cm³/mol. The van der Waals surface area contributed by atoms with Gasteiger partial charge in [0.2, 0.25) is 5.91 Å². The van der Waals surface area contributed by atoms with Crippen molar-refractivity contribution in [2.45, 2.75) is 6.42 Å². The Hall–Kier alpha value is -0.220. The van der Waals surface area contributed by atoms with Gasteiger partial charge in [-0.1, -0.05) is 0 Å². The lowest BCUT2D eigenvalue weighted by molar-refractivity contribution is -0.127. The Morgan fingerprint density at radius 1 is 1.69 bits per heavy atom. The molecule has 4 heteroatoms. The van der Waals surface area contributed by atoms with Crippen LogP contribution in [0, 0.1) is 5.92 Å². The van der Waals surface area contributed by atoms with Gasteiger partial charge in [-0.25, -0.2) is 0 Å². The highest BCUT2D eigenvalue weighted by molar-refractivity contribution is 7.81. The summed E-state index contributed by atoms with van der Waals surface area (Å²) < 4.78 is 0. The van der Waals surface area contributed by atoms with E-state index < -0.39 is 0 Å². The highest BCUT2D eigenvalue weighted by Crippen LogP contribution is 2.15. The summed E-state index contributed by atoms with van der Waals surface area (Å²) in [6, 6.07) is 0. The van der Waals surface area contributed by atoms with Crippen molar-refractivity contribution < 1.29 is 4.79 Å². The van der Waals surface area contributed by atoms with Crippen LogP contribution >= 0.6 is 12.6 Å². The first-order chi connectivity index (χ1) is 6.13. The third-order valence-corrected chi connectivity index (χ3v) is 2.85. The van der Waals surface area contributed by atoms with E-state index in [4.69, 9.17) is 0 Å². The topological polar surface area (TPSA) is 23.6 Å². The van der Waals surface area contributed by atoms with Gasteiger partial charge in [0.1, 0.15) is 0 Å². The van der Waals surface area contributed by atoms with Crippen LogP contribution in [0.15, 0.2) is 0 Å². The van der Waals surface area contributed by atoms with Crippen LogP contribution in [0.5, 0.6) is 0 Å². The average Bonchev–Trinajstić information content (AvgIpc) is 2.49. The number of nitrogens with zero attached hydrogens (tertiary/aromatic N) is 2. The zero-order valence-corrected chi connectivity index (χ0v) is 9.26. The molecule has 0 aromatic carbocycles. The molecule has 0 bridgehead atoms. The smallest absolute Gasteiger partial charge is 0.232 e. The minimum absolute atomic E-state index is 0.123. The quantitative estimate of drug-likeness (QED) is 0.667. The van der Waals surface area contributed by atoms with Gasteiger partial charge >= 0.3 is 0 Å². The van der Waals surface area contributed by atoms with Gasteiger partial charge in [-0.05, 0) is 25.9 Å². The Labute approximate surface area is 85.5 Å². The Balaban J connectivity index is 2.28. The minimum Gasteiger partial charge on any atom is -0.345 e. The molecule has 1 fully saturated rings. The average molecular weight is 202 g/mol. The first-order valence-electron chi connectivity index (χ1n) is 4.67. The van der Waals surface area contributed by atoms with E-state index in [0.29, 0.717) is 11.7 Å². The molecule has 1 atom stereocenters. The molecule has 1 unspecified atom stereocenters. The van der Waals surface area contributed by atoms with Crippen LogP contribution in [0.2, 0.25) is 0 Å². The van der Waals surface area contributed by atoms with Crippen LogP contribution in [0.1, 0.15) is 6.42 Å². The van der Waals surface area contributed by atoms with E-state index in [0.717, 1.165) is 19.6 Å². The zero-order chi connectivity index (χ0) is 9.84. The van der Waals surface area contributed by atoms with Crippen LogP contribution in [-0.2, 0) is 4.79 Å². The molecule has 0 aromatic heterocycles. The first-order valence-corrected chi connectivity index (χ1v) is 5.30. The van der Waals surface area contributed by atoms with E-state index in [-0.39, 0.29) is 5.91 Å². The highest BCUT2D eigenvalue weighted by atomic mass is 32.1. The summed E-state index contributed by atoms with van der Waals surface area (Å²) in [5, 5.41) is 0. The van der Waals surface area contributed by atoms with Crippen LogP contribution in [0.25, 0.3) is 0 Å². The standard InChI is InChI=1S/C9H18N2OS/c1-10-4-3-8(5-10)6-11(2)9(12)7-13/h8,13H,3-7H2,1-2H3. The summed E-state index contributed by atoms with van der Waals surface area (Å²) in [7, 11) is 3.98. The van der Waals surface area contributed by atoms with Crippen molar-refractivity contribution >= 4 is 18.5 Å². The molecule has 0 spiro atoms. The molecule has 3 nitrogen and oxygen atoms in total. The van der Waals surface area contributed by atoms with Crippen molar-refractivity contribution in [1.29, 1.82) is 0 Å². The molecular formula is C9H18N2OS. The molecule has 0 saturated carbocycles. The summed E-state index contributed by atoms with van der Waals surface area (Å²) >= 11 is 3.97. The summed E-state index contributed by atoms with van der Waals surface area (Å²) in [4.78, 5) is 15.3. The maximum Gasteiger partial charge on any atom is 0.232 e. The minimum atomic E-state index is 0.123. The van der Waals surface area contributed by atoms with E-state index in [2.05, 4.69) is 24.6 Å². The predicted octanol–water partition coefficient (Wildman–Crippen LogP) is 0.326. The Kier molecular flexibility index (Phi) is 4.06. The van der Waals surface area contributed by atoms with Gasteiger partial charge in [-0.3, -0.25) is 4.79 Å². The Bertz CT molecular complexity index is 186. The van der Waals surface area contributed by atoms with Gasteiger partial charge < -0.3 is 9.80 Å². The summed E-state index contributed by atoms with van der Waals surface area (Å²) in [6.45, 7) is 3.15. The van der Waals surface area contributed by atoms with Crippen molar-refractivity contribution in [2.75, 3.05) is 39.5 Å². The molecule has 76 valence electrons. The van der Waals surface area contributed by atoms with Gasteiger partial charge in [0.25, 0.3) is 0 Å². The van der Waals surface area contributed by atoms with Crippen molar-refractivity contribution in [3.63, 3.8) is 0 Å². The maximum atomic E-state index is 11.2. The third-order valence-electron chi connectivity index (χ3n) is 2.58. The molecule has 0 aromatic rings. The number of carbonyl (C=O) groups excluding carboxylic acids is 1. The monoisotopic (exact) mass is 202 g/mol. The molecule has 1 saturated heterocycles. The maximum absolute atomic E-state index is 11.2. The number of rotatable bonds is 3. The number of carbonyl (C=O) groups is 1. The highest BCUT2D eigenvalue weighted by Gasteiger charge is 2.21. The molecular weight excluding hydrogens is 184 g/mol. The van der Waals surface area contributed by atoms with Gasteiger partial charge in [0.15, 0.2) is 0 Å². The molecule has 1 aliphatic rings. The summed E-state index contributed by atoms with van der Waals surface area (Å²) in [5.41, 5.74) is 0. The number of amides is 1. The third kappa shape index (κ3) is 3.19. The van der Waals surface area contributed by atoms with Crippen LogP contribution in [0.4, 0.5) is 0 Å². The molecule has 0 radical (unpaired) electrons. The van der Waals surface area contributed by atoms with E-state index in [1.54, 1.807) is 4.90 Å². The fourth-order valence-corrected chi connectivity index (χ4v) is 2.03. The number of thiol groups is 1. The van der Waals surface area contributed by atoms with Gasteiger partial charge in [-0.2, -0.15) is 12.6 Å². The largest absolute Gasteiger partial charge is 0.345 e. The zero-order valence-electron chi connectivity index (χ0n) is 8.36. The second-order valence-corrected chi connectivity index (χ2v) is 4.17. The van der Waals surface area contributed by atoms with Crippen LogP contribution < -0.4 is 0 Å². The van der Waals surface area contributed by atoms with Gasteiger partial charge in [-0.15, -0.1) is 0 Å². The normalized spacial score (nSPS) is 23.5. The Morgan fingerprint density at radius 3 is 2.85 bits per heavy atom. The van der Waals surface area contributed by atoms with Gasteiger partial charge in [0, 0.05) is 20.1 Å². The molecule has 0 N–H and O–H groups in total. The lowest BCUT2D eigenvalue weighted by Crippen LogP contribution is -2.33. The number of hydrogen-bond acceptors (Lipinski definition) is 3. The number of hydrogen-bond donors (Lipinski definition) is 1. The van der Waals surface area contributed by atoms with Crippen molar-refractivity contribution in [2.24, 2.45) is 5.92 Å². The summed E-state index contributed by atoms with van der Waals surface area (Å²) in [6.07, 6.45) is 1.21. The van der Waals surface area contributed by atoms with E-state index in [9.17, 15) is 4.79 Å². The van der Waals surface area contributed by atoms with E-state index in [1.165, 1.54) is 6.42 Å². The fourth-order valence-electron chi connectivity index (χ4n) is 1.79. The molecule has 0 aliphatic carbocycles. The lowest BCUT2D eigenvalue weighted by Gasteiger charge is -2.20. The Morgan fingerprint density at radius 2 is 2.38 bits per heavy atom. The van der Waals surface area contributed by atoms with Crippen molar-refractivity contribution in [3.05, 3.63) is 0 Å². The van der Waals surface area contributed by atoms with Gasteiger partial charge in [0.05, 0.1) is 5.75 Å². The fraction of sp³-hybridized carbons (Fsp3) is 0.889. The summed E-state index contributed by atoms with van der Waals surface area (Å²) in [5.74, 6) is 1.09. The lowest BCUT2D eigenvalue weighted by atomic mass is 10.1. The SMILES string of the molecule is CN1CCC(CN(C)C(=O)CS)C1. The molecule has 1 aliphatic heterocycles. The molecule has 1 amide bonds. The molecule has 13 heavy (non-hydrogen) atoms. The molecule has 1 heterocycles. The van der Waals surface area contributed by atoms with Crippen molar-refractivity contribution in [3.8, 4) is 0 Å². The molecule has 1 rings (SSSR count). The van der Waals surface area contributed by atoms with Crippen LogP contribution in [-0.4, -0.2) is 55.2 Å². The number of likely N-dealkylation sites (tertiary alicyclic amines) is 1.